The van der Waals surface area contributed by atoms with Crippen molar-refractivity contribution in [1.82, 2.24) is 5.32 Å². The van der Waals surface area contributed by atoms with Crippen molar-refractivity contribution in [1.29, 1.82) is 0 Å². The van der Waals surface area contributed by atoms with Crippen molar-refractivity contribution >= 4 is 47.4 Å². The van der Waals surface area contributed by atoms with Gasteiger partial charge in [-0.3, -0.25) is 14.6 Å². The van der Waals surface area contributed by atoms with Crippen LogP contribution in [0.5, 0.6) is 11.5 Å². The van der Waals surface area contributed by atoms with Crippen molar-refractivity contribution in [2.24, 2.45) is 15.9 Å². The molecule has 1 saturated heterocycles. The van der Waals surface area contributed by atoms with Gasteiger partial charge in [-0.2, -0.15) is 13.9 Å². The first-order chi connectivity index (χ1) is 29.7. The van der Waals surface area contributed by atoms with Crippen LogP contribution in [0.3, 0.4) is 0 Å². The maximum absolute atomic E-state index is 12.6. The van der Waals surface area contributed by atoms with Gasteiger partial charge in [-0.25, -0.2) is 13.2 Å². The van der Waals surface area contributed by atoms with E-state index >= 15 is 0 Å². The molecule has 23 heteroatoms. The summed E-state index contributed by atoms with van der Waals surface area (Å²) in [6, 6.07) is 6.73. The third kappa shape index (κ3) is 24.7. The van der Waals surface area contributed by atoms with Crippen LogP contribution in [0.25, 0.3) is 0 Å². The van der Waals surface area contributed by atoms with E-state index in [1.807, 2.05) is 0 Å². The third-order valence-corrected chi connectivity index (χ3v) is 8.22. The number of hydrogen-bond donors (Lipinski definition) is 7. The fraction of sp³-hybridized carbons (Fsp3) is 0.564. The van der Waals surface area contributed by atoms with Gasteiger partial charge >= 0.3 is 5.97 Å². The minimum Gasteiger partial charge on any atom is -0.508 e. The zero-order valence-electron chi connectivity index (χ0n) is 34.2. The van der Waals surface area contributed by atoms with Gasteiger partial charge in [0.15, 0.2) is 5.11 Å². The van der Waals surface area contributed by atoms with E-state index in [1.165, 1.54) is 0 Å². The average molecular weight is 914 g/mol. The SMILES string of the molecule is CCCOCCOCCOCCOCCN=C/C(CCCCNC(=S)Nc1ccc(O)cc1)=N\N.O=C(O)CCC1CC(O)C(O)CO1.O=COc1c(F)c(F)c(F)c(F)c1F. The highest BCUT2D eigenvalue weighted by atomic mass is 32.1. The van der Waals surface area contributed by atoms with Crippen LogP contribution in [0.4, 0.5) is 27.6 Å². The van der Waals surface area contributed by atoms with Crippen LogP contribution in [-0.4, -0.2) is 141 Å². The molecule has 2 aromatic rings. The Morgan fingerprint density at radius 2 is 1.44 bits per heavy atom. The van der Waals surface area contributed by atoms with Gasteiger partial charge in [0.25, 0.3) is 6.47 Å². The fourth-order valence-corrected chi connectivity index (χ4v) is 4.99. The van der Waals surface area contributed by atoms with Gasteiger partial charge in [-0.15, -0.1) is 0 Å². The number of aliphatic imine (C=N–C) groups is 1. The molecule has 62 heavy (non-hydrogen) atoms. The first-order valence-electron chi connectivity index (χ1n) is 19.5. The second kappa shape index (κ2) is 33.9. The highest BCUT2D eigenvalue weighted by Crippen LogP contribution is 2.28. The summed E-state index contributed by atoms with van der Waals surface area (Å²) in [5.41, 5.74) is 1.57. The molecule has 17 nitrogen and oxygen atoms in total. The maximum atomic E-state index is 12.6. The number of carbonyl (C=O) groups excluding carboxylic acids is 1. The predicted molar refractivity (Wildman–Crippen MR) is 221 cm³/mol. The molecule has 1 fully saturated rings. The summed E-state index contributed by atoms with van der Waals surface area (Å²) in [5.74, 6) is -7.82. The zero-order valence-corrected chi connectivity index (χ0v) is 35.1. The molecule has 0 aliphatic carbocycles. The average Bonchev–Trinajstić information content (AvgIpc) is 3.26. The number of ether oxygens (including phenoxy) is 6. The molecule has 3 atom stereocenters. The number of nitrogens with zero attached hydrogens (tertiary/aromatic N) is 2. The van der Waals surface area contributed by atoms with Crippen LogP contribution in [0, 0.1) is 29.1 Å². The molecule has 0 bridgehead atoms. The van der Waals surface area contributed by atoms with Crippen LogP contribution in [-0.2, 0) is 33.3 Å². The van der Waals surface area contributed by atoms with E-state index < -0.39 is 59.5 Å². The largest absolute Gasteiger partial charge is 0.508 e. The van der Waals surface area contributed by atoms with Crippen molar-refractivity contribution in [3.63, 3.8) is 0 Å². The third-order valence-electron chi connectivity index (χ3n) is 7.97. The summed E-state index contributed by atoms with van der Waals surface area (Å²) >= 11 is 5.26. The summed E-state index contributed by atoms with van der Waals surface area (Å²) in [4.78, 5) is 24.2. The Bertz CT molecular complexity index is 1620. The number of thiocarbonyl (C=S) groups is 1. The molecule has 0 amide bonds. The normalized spacial score (nSPS) is 16.1. The molecule has 3 rings (SSSR count). The first-order valence-corrected chi connectivity index (χ1v) is 19.9. The molecule has 350 valence electrons. The van der Waals surface area contributed by atoms with Gasteiger partial charge in [0.2, 0.25) is 34.8 Å². The zero-order chi connectivity index (χ0) is 46.1. The van der Waals surface area contributed by atoms with Crippen molar-refractivity contribution in [3.8, 4) is 11.5 Å². The van der Waals surface area contributed by atoms with Crippen LogP contribution in [0.2, 0.25) is 0 Å². The van der Waals surface area contributed by atoms with Crippen LogP contribution in [0.1, 0.15) is 51.9 Å². The maximum Gasteiger partial charge on any atom is 0.303 e. The number of nitrogens with two attached hydrogens (primary N) is 1. The van der Waals surface area contributed by atoms with E-state index in [-0.39, 0.29) is 24.9 Å². The van der Waals surface area contributed by atoms with Gasteiger partial charge in [-0.1, -0.05) is 6.92 Å². The lowest BCUT2D eigenvalue weighted by molar-refractivity contribution is -0.141. The number of phenols is 1. The molecule has 0 saturated carbocycles. The lowest BCUT2D eigenvalue weighted by Gasteiger charge is -2.30. The van der Waals surface area contributed by atoms with E-state index in [2.05, 4.69) is 32.4 Å². The molecule has 1 aliphatic heterocycles. The molecule has 1 heterocycles. The number of aliphatic hydroxyl groups is 2. The number of halogens is 5. The molecule has 0 aromatic heterocycles. The fourth-order valence-electron chi connectivity index (χ4n) is 4.77. The van der Waals surface area contributed by atoms with Crippen LogP contribution < -0.4 is 21.2 Å². The second-order valence-corrected chi connectivity index (χ2v) is 13.3. The number of unbranched alkanes of at least 4 members (excludes halogenated alkanes) is 1. The van der Waals surface area contributed by atoms with E-state index in [4.69, 9.17) is 52.0 Å². The number of hydrogen-bond acceptors (Lipinski definition) is 15. The van der Waals surface area contributed by atoms with Gasteiger partial charge in [0.05, 0.1) is 77.3 Å². The second-order valence-electron chi connectivity index (χ2n) is 12.9. The van der Waals surface area contributed by atoms with E-state index in [9.17, 15) is 41.8 Å². The van der Waals surface area contributed by atoms with Gasteiger partial charge in [-0.05, 0) is 68.6 Å². The Hall–Kier alpha value is -4.62. The number of aliphatic hydroxyl groups excluding tert-OH is 2. The Labute approximate surface area is 361 Å². The van der Waals surface area contributed by atoms with Gasteiger partial charge < -0.3 is 65.3 Å². The first kappa shape index (κ1) is 55.4. The molecule has 2 aromatic carbocycles. The van der Waals surface area contributed by atoms with Crippen LogP contribution >= 0.6 is 12.2 Å². The predicted octanol–water partition coefficient (Wildman–Crippen LogP) is 3.99. The summed E-state index contributed by atoms with van der Waals surface area (Å²) in [6.45, 7) is 7.64. The molecule has 3 unspecified atom stereocenters. The summed E-state index contributed by atoms with van der Waals surface area (Å²) in [7, 11) is 0. The monoisotopic (exact) mass is 913 g/mol. The minimum atomic E-state index is -2.31. The number of phenolic OH excluding ortho intramolecular Hbond substituents is 1. The van der Waals surface area contributed by atoms with Crippen molar-refractivity contribution in [2.45, 2.75) is 70.2 Å². The van der Waals surface area contributed by atoms with Gasteiger partial charge in [0.1, 0.15) is 11.9 Å². The number of aliphatic carboxylic acids is 1. The smallest absolute Gasteiger partial charge is 0.303 e. The Balaban J connectivity index is 0.000000575. The number of carboxylic acid groups (broad SMARTS) is 1. The Morgan fingerprint density at radius 3 is 1.97 bits per heavy atom. The molecule has 0 spiro atoms. The highest BCUT2D eigenvalue weighted by molar-refractivity contribution is 7.80. The van der Waals surface area contributed by atoms with Crippen molar-refractivity contribution in [2.75, 3.05) is 77.9 Å². The van der Waals surface area contributed by atoms with E-state index in [0.29, 0.717) is 70.7 Å². The quantitative estimate of drug-likeness (QED) is 0.00674. The number of rotatable bonds is 26. The Morgan fingerprint density at radius 1 is 0.871 bits per heavy atom. The molecular weight excluding hydrogens is 858 g/mol. The summed E-state index contributed by atoms with van der Waals surface area (Å²) in [6.07, 6.45) is 4.15. The minimum absolute atomic E-state index is 0.0352. The number of hydrazone groups is 1. The topological polar surface area (TPSA) is 245 Å². The molecule has 0 radical (unpaired) electrons. The van der Waals surface area contributed by atoms with E-state index in [0.717, 1.165) is 50.2 Å². The highest BCUT2D eigenvalue weighted by Gasteiger charge is 2.28. The number of carboxylic acids is 1. The van der Waals surface area contributed by atoms with Crippen LogP contribution in [0.15, 0.2) is 34.4 Å². The molecular formula is C39H56F5N5O12S. The van der Waals surface area contributed by atoms with Crippen molar-refractivity contribution in [3.05, 3.63) is 53.4 Å². The number of aromatic hydroxyl groups is 1. The standard InChI is InChI=1S/C24H41N5O5S.C8H14O5.C7HF5O2/c1-2-12-31-14-16-33-18-19-34-17-15-32-13-11-26-20-22(29-25)5-3-4-10-27-24(35)28-21-6-8-23(30)9-7-21;9-6-3-5(1-2-8(11)12)13-4-7(6)10;8-2-3(9)5(11)7(14-1-13)6(12)4(2)10/h6-9,20,30H,2-5,10-19,25H2,1H3,(H2,27,28,35);5-7,9-10H,1-4H2,(H,11,12);1H/b26-20?,29-22-;;. The van der Waals surface area contributed by atoms with E-state index in [1.54, 1.807) is 30.5 Å². The number of anilines is 1. The van der Waals surface area contributed by atoms with Crippen molar-refractivity contribution < 1.29 is 80.4 Å². The number of nitrogens with one attached hydrogen (secondary N) is 2. The molecule has 8 N–H and O–H groups in total. The summed E-state index contributed by atoms with van der Waals surface area (Å²) < 4.78 is 92.7. The van der Waals surface area contributed by atoms with Gasteiger partial charge in [0, 0.05) is 37.9 Å². The lowest BCUT2D eigenvalue weighted by Crippen LogP contribution is -2.41. The number of benzene rings is 2. The molecule has 1 aliphatic rings. The number of carbonyl (C=O) groups is 2. The Kier molecular flexibility index (Phi) is 30.3. The summed E-state index contributed by atoms with van der Waals surface area (Å²) in [5, 5.41) is 46.6. The lowest BCUT2D eigenvalue weighted by atomic mass is 10.0.